The van der Waals surface area contributed by atoms with Gasteiger partial charge in [-0.1, -0.05) is 74.5 Å². The van der Waals surface area contributed by atoms with Crippen molar-refractivity contribution >= 4 is 23.0 Å². The number of nitrogens with zero attached hydrogens (tertiary/aromatic N) is 3. The molecular formula is C31H33N5O6. The van der Waals surface area contributed by atoms with Crippen LogP contribution in [0, 0.1) is 5.92 Å². The molecule has 7 rings (SSSR count). The van der Waals surface area contributed by atoms with Crippen LogP contribution in [0.4, 0.5) is 5.95 Å². The summed E-state index contributed by atoms with van der Waals surface area (Å²) in [6, 6.07) is 20.0. The average molecular weight is 572 g/mol. The first-order valence-electron chi connectivity index (χ1n) is 14.3. The summed E-state index contributed by atoms with van der Waals surface area (Å²) in [6.07, 6.45) is 1.59. The highest BCUT2D eigenvalue weighted by atomic mass is 16.7. The van der Waals surface area contributed by atoms with E-state index in [-0.39, 0.29) is 35.5 Å². The molecule has 3 aliphatic rings. The minimum atomic E-state index is -0.877. The fourth-order valence-corrected chi connectivity index (χ4v) is 6.05. The summed E-state index contributed by atoms with van der Waals surface area (Å²) in [7, 11) is 0. The third kappa shape index (κ3) is 4.53. The summed E-state index contributed by atoms with van der Waals surface area (Å²) in [5, 5.41) is 2.67. The number of hydrogen-bond donors (Lipinski definition) is 2. The zero-order chi connectivity index (χ0) is 28.9. The van der Waals surface area contributed by atoms with Crippen molar-refractivity contribution in [3.05, 3.63) is 88.5 Å². The molecule has 218 valence electrons. The number of carbonyl (C=O) groups excluding carboxylic acids is 1. The Labute approximate surface area is 242 Å². The summed E-state index contributed by atoms with van der Waals surface area (Å²) in [5.74, 6) is -0.498. The van der Waals surface area contributed by atoms with Gasteiger partial charge >= 0.3 is 0 Å². The Kier molecular flexibility index (Phi) is 6.69. The smallest absolute Gasteiger partial charge is 0.280 e. The first kappa shape index (κ1) is 27.0. The summed E-state index contributed by atoms with van der Waals surface area (Å²) < 4.78 is 28.3. The van der Waals surface area contributed by atoms with E-state index < -0.39 is 35.2 Å². The number of amides is 1. The van der Waals surface area contributed by atoms with Crippen LogP contribution in [-0.2, 0) is 37.0 Å². The highest BCUT2D eigenvalue weighted by Crippen LogP contribution is 2.65. The van der Waals surface area contributed by atoms with E-state index in [1.807, 2.05) is 60.7 Å². The molecule has 0 radical (unpaired) electrons. The van der Waals surface area contributed by atoms with Crippen molar-refractivity contribution in [1.29, 1.82) is 0 Å². The quantitative estimate of drug-likeness (QED) is 0.295. The van der Waals surface area contributed by atoms with E-state index in [0.29, 0.717) is 13.2 Å². The number of rotatable bonds is 10. The third-order valence-electron chi connectivity index (χ3n) is 8.38. The topological polar surface area (TPSA) is 130 Å². The van der Waals surface area contributed by atoms with Gasteiger partial charge in [0.05, 0.1) is 26.1 Å². The number of ether oxygens (including phenoxy) is 4. The molecule has 4 aromatic rings. The molecule has 11 heteroatoms. The Balaban J connectivity index is 1.23. The van der Waals surface area contributed by atoms with Crippen molar-refractivity contribution in [2.24, 2.45) is 5.92 Å². The molecule has 3 fully saturated rings. The van der Waals surface area contributed by atoms with E-state index >= 15 is 0 Å². The van der Waals surface area contributed by atoms with Crippen LogP contribution in [-0.4, -0.2) is 55.4 Å². The van der Waals surface area contributed by atoms with Crippen LogP contribution >= 0.6 is 0 Å². The van der Waals surface area contributed by atoms with Crippen LogP contribution in [0.3, 0.4) is 0 Å². The lowest BCUT2D eigenvalue weighted by molar-refractivity contribution is -0.241. The van der Waals surface area contributed by atoms with Crippen LogP contribution in [0.2, 0.25) is 0 Å². The van der Waals surface area contributed by atoms with E-state index in [9.17, 15) is 9.59 Å². The fourth-order valence-electron chi connectivity index (χ4n) is 6.05. The van der Waals surface area contributed by atoms with E-state index in [0.717, 1.165) is 24.0 Å². The monoisotopic (exact) mass is 571 g/mol. The minimum absolute atomic E-state index is 0.0495. The maximum Gasteiger partial charge on any atom is 0.280 e. The zero-order valence-electron chi connectivity index (χ0n) is 23.5. The molecule has 11 nitrogen and oxygen atoms in total. The largest absolute Gasteiger partial charge is 0.374 e. The summed E-state index contributed by atoms with van der Waals surface area (Å²) >= 11 is 0. The van der Waals surface area contributed by atoms with Crippen LogP contribution in [0.5, 0.6) is 0 Å². The van der Waals surface area contributed by atoms with Gasteiger partial charge in [0.15, 0.2) is 23.0 Å². The molecule has 2 N–H and O–H groups in total. The van der Waals surface area contributed by atoms with Crippen molar-refractivity contribution < 1.29 is 23.7 Å². The number of hydrogen-bond acceptors (Lipinski definition) is 8. The maximum atomic E-state index is 12.9. The average Bonchev–Trinajstić information content (AvgIpc) is 3.43. The molecule has 2 aromatic heterocycles. The molecule has 4 atom stereocenters. The Morgan fingerprint density at radius 2 is 1.76 bits per heavy atom. The lowest BCUT2D eigenvalue weighted by atomic mass is 9.91. The van der Waals surface area contributed by atoms with Crippen molar-refractivity contribution in [2.45, 2.75) is 69.5 Å². The summed E-state index contributed by atoms with van der Waals surface area (Å²) in [4.78, 5) is 36.7. The zero-order valence-corrected chi connectivity index (χ0v) is 23.5. The molecule has 1 amide bonds. The lowest BCUT2D eigenvalue weighted by Crippen LogP contribution is -2.53. The number of H-pyrrole nitrogens is 1. The van der Waals surface area contributed by atoms with Crippen LogP contribution in [0.15, 0.2) is 71.8 Å². The third-order valence-corrected chi connectivity index (χ3v) is 8.38. The molecule has 2 bridgehead atoms. The van der Waals surface area contributed by atoms with Crippen molar-refractivity contribution in [2.75, 3.05) is 11.9 Å². The van der Waals surface area contributed by atoms with Crippen LogP contribution < -0.4 is 10.9 Å². The van der Waals surface area contributed by atoms with Gasteiger partial charge in [-0.2, -0.15) is 4.98 Å². The second-order valence-corrected chi connectivity index (χ2v) is 11.6. The minimum Gasteiger partial charge on any atom is -0.374 e. The molecule has 4 heterocycles. The summed E-state index contributed by atoms with van der Waals surface area (Å²) in [5.41, 5.74) is 0.677. The maximum absolute atomic E-state index is 12.9. The molecule has 1 aliphatic carbocycles. The van der Waals surface area contributed by atoms with E-state index in [4.69, 9.17) is 18.9 Å². The van der Waals surface area contributed by atoms with Crippen LogP contribution in [0.1, 0.15) is 44.0 Å². The lowest BCUT2D eigenvalue weighted by Gasteiger charge is -2.38. The number of anilines is 1. The van der Waals surface area contributed by atoms with Gasteiger partial charge in [-0.15, -0.1) is 0 Å². The standard InChI is InChI=1S/C31H33N5O6/c1-19(2)26(37)34-29-33-25-22(27(38)35-29)32-18-36(25)28-23-24(40-16-21-11-7-4-8-12-21)31(42-28,30(41-23)13-14-30)17-39-15-20-9-5-3-6-10-20/h3-12,18-19,23-24,28H,13-17H2,1-2H3,(H2,33,34,35,37,38)/t23?,24?,28?,31-/m0/s1. The van der Waals surface area contributed by atoms with Crippen molar-refractivity contribution in [3.63, 3.8) is 0 Å². The number of benzene rings is 2. The Hall–Kier alpha value is -3.90. The second-order valence-electron chi connectivity index (χ2n) is 11.6. The van der Waals surface area contributed by atoms with Gasteiger partial charge in [0.2, 0.25) is 11.9 Å². The van der Waals surface area contributed by atoms with Gasteiger partial charge in [0.25, 0.3) is 5.56 Å². The number of imidazole rings is 1. The van der Waals surface area contributed by atoms with Gasteiger partial charge in [-0.25, -0.2) is 4.98 Å². The highest BCUT2D eigenvalue weighted by molar-refractivity contribution is 5.91. The molecule has 1 saturated carbocycles. The first-order chi connectivity index (χ1) is 20.4. The highest BCUT2D eigenvalue weighted by Gasteiger charge is 2.79. The molecule has 2 aromatic carbocycles. The van der Waals surface area contributed by atoms with Crippen LogP contribution in [0.25, 0.3) is 11.2 Å². The van der Waals surface area contributed by atoms with Gasteiger partial charge in [0.1, 0.15) is 17.8 Å². The van der Waals surface area contributed by atoms with E-state index in [1.54, 1.807) is 18.4 Å². The Morgan fingerprint density at radius 1 is 1.07 bits per heavy atom. The predicted molar refractivity (Wildman–Crippen MR) is 152 cm³/mol. The molecule has 2 saturated heterocycles. The predicted octanol–water partition coefficient (Wildman–Crippen LogP) is 3.72. The van der Waals surface area contributed by atoms with Gasteiger partial charge in [0, 0.05) is 5.92 Å². The van der Waals surface area contributed by atoms with Gasteiger partial charge < -0.3 is 18.9 Å². The number of carbonyl (C=O) groups is 1. The number of aromatic amines is 1. The SMILES string of the molecule is CC(C)C(=O)Nc1nc2c(ncn2C2O[C@@]3(COCc4ccccc4)C(OCc4ccccc4)C2OC32CC2)c(=O)[nH]1. The van der Waals surface area contributed by atoms with Gasteiger partial charge in [-0.3, -0.25) is 24.5 Å². The second kappa shape index (κ2) is 10.4. The van der Waals surface area contributed by atoms with E-state index in [2.05, 4.69) is 20.3 Å². The summed E-state index contributed by atoms with van der Waals surface area (Å²) in [6.45, 7) is 4.60. The molecular weight excluding hydrogens is 538 g/mol. The van der Waals surface area contributed by atoms with Gasteiger partial charge in [-0.05, 0) is 24.0 Å². The first-order valence-corrected chi connectivity index (χ1v) is 14.3. The Morgan fingerprint density at radius 3 is 2.43 bits per heavy atom. The fraction of sp³-hybridized carbons (Fsp3) is 0.419. The Bertz CT molecular complexity index is 1650. The molecule has 3 unspecified atom stereocenters. The van der Waals surface area contributed by atoms with Crippen molar-refractivity contribution in [3.8, 4) is 0 Å². The number of nitrogens with one attached hydrogen (secondary N) is 2. The normalized spacial score (nSPS) is 25.5. The van der Waals surface area contributed by atoms with Crippen molar-refractivity contribution in [1.82, 2.24) is 19.5 Å². The number of fused-ring (bicyclic) bond motifs is 4. The number of aromatic nitrogens is 4. The molecule has 1 spiro atoms. The molecule has 42 heavy (non-hydrogen) atoms. The molecule has 2 aliphatic heterocycles. The van der Waals surface area contributed by atoms with E-state index in [1.165, 1.54) is 6.33 Å².